The molecule has 1 aromatic rings. The predicted octanol–water partition coefficient (Wildman–Crippen LogP) is 2.85. The van der Waals surface area contributed by atoms with Crippen molar-refractivity contribution in [3.8, 4) is 0 Å². The minimum Gasteiger partial charge on any atom is -0.469 e. The second-order valence-corrected chi connectivity index (χ2v) is 10.1. The molecule has 0 spiro atoms. The van der Waals surface area contributed by atoms with Gasteiger partial charge in [0.1, 0.15) is 12.0 Å². The lowest BCUT2D eigenvalue weighted by Crippen LogP contribution is -2.38. The van der Waals surface area contributed by atoms with Crippen molar-refractivity contribution in [1.29, 1.82) is 0 Å². The minimum absolute atomic E-state index is 0.0243. The van der Waals surface area contributed by atoms with Crippen LogP contribution in [0.4, 0.5) is 17.3 Å². The summed E-state index contributed by atoms with van der Waals surface area (Å²) >= 11 is 0. The Balaban J connectivity index is 1.55. The van der Waals surface area contributed by atoms with E-state index in [1.54, 1.807) is 6.33 Å². The number of aromatic nitrogens is 2. The number of methoxy groups -OCH3 is 1. The van der Waals surface area contributed by atoms with E-state index in [4.69, 9.17) is 10.5 Å². The molecule has 3 aliphatic rings. The summed E-state index contributed by atoms with van der Waals surface area (Å²) in [4.78, 5) is 25.5. The highest BCUT2D eigenvalue weighted by molar-refractivity contribution is 5.77. The number of hydrogen-bond donors (Lipinski definition) is 1. The molecule has 1 aromatic heterocycles. The third-order valence-corrected chi connectivity index (χ3v) is 6.86. The topological polar surface area (TPSA) is 84.6 Å². The number of rotatable bonds is 3. The summed E-state index contributed by atoms with van der Waals surface area (Å²) < 4.78 is 4.89. The molecule has 3 fully saturated rings. The van der Waals surface area contributed by atoms with E-state index in [0.29, 0.717) is 22.6 Å². The van der Waals surface area contributed by atoms with E-state index in [9.17, 15) is 4.79 Å². The van der Waals surface area contributed by atoms with E-state index in [2.05, 4.69) is 40.5 Å². The molecule has 28 heavy (non-hydrogen) atoms. The van der Waals surface area contributed by atoms with Crippen LogP contribution in [-0.2, 0) is 9.53 Å². The molecule has 2 bridgehead atoms. The van der Waals surface area contributed by atoms with Gasteiger partial charge in [0.15, 0.2) is 11.6 Å². The summed E-state index contributed by atoms with van der Waals surface area (Å²) in [6, 6.07) is 0.490. The zero-order valence-electron chi connectivity index (χ0n) is 17.6. The van der Waals surface area contributed by atoms with Crippen LogP contribution in [-0.4, -0.2) is 48.7 Å². The maximum Gasteiger partial charge on any atom is 0.308 e. The van der Waals surface area contributed by atoms with E-state index in [0.717, 1.165) is 44.1 Å². The fourth-order valence-electron chi connectivity index (χ4n) is 6.06. The Bertz CT molecular complexity index is 759. The molecule has 3 heterocycles. The zero-order chi connectivity index (χ0) is 20.1. The lowest BCUT2D eigenvalue weighted by Gasteiger charge is -2.39. The lowest BCUT2D eigenvalue weighted by atomic mass is 9.65. The van der Waals surface area contributed by atoms with Gasteiger partial charge in [-0.1, -0.05) is 20.8 Å². The SMILES string of the molecule is COC(=O)C1CCN(c2ncnc(N3CC4(C)CC3CC(C)(C)C4)c2N)CC1. The fraction of sp³-hybridized carbons (Fsp3) is 0.762. The molecule has 7 nitrogen and oxygen atoms in total. The molecule has 2 unspecified atom stereocenters. The Kier molecular flexibility index (Phi) is 4.67. The molecule has 2 aliphatic heterocycles. The van der Waals surface area contributed by atoms with Gasteiger partial charge < -0.3 is 20.3 Å². The quantitative estimate of drug-likeness (QED) is 0.798. The first kappa shape index (κ1) is 19.3. The molecule has 2 atom stereocenters. The van der Waals surface area contributed by atoms with Crippen molar-refractivity contribution in [2.24, 2.45) is 16.7 Å². The molecule has 4 rings (SSSR count). The first-order chi connectivity index (χ1) is 13.2. The highest BCUT2D eigenvalue weighted by Crippen LogP contribution is 2.54. The van der Waals surface area contributed by atoms with Gasteiger partial charge in [-0.15, -0.1) is 0 Å². The van der Waals surface area contributed by atoms with Gasteiger partial charge in [-0.25, -0.2) is 9.97 Å². The number of hydrogen-bond acceptors (Lipinski definition) is 7. The van der Waals surface area contributed by atoms with Gasteiger partial charge in [0, 0.05) is 25.7 Å². The Morgan fingerprint density at radius 3 is 2.54 bits per heavy atom. The van der Waals surface area contributed by atoms with Crippen LogP contribution < -0.4 is 15.5 Å². The van der Waals surface area contributed by atoms with E-state index in [-0.39, 0.29) is 11.9 Å². The smallest absolute Gasteiger partial charge is 0.308 e. The van der Waals surface area contributed by atoms with E-state index >= 15 is 0 Å². The summed E-state index contributed by atoms with van der Waals surface area (Å²) in [6.45, 7) is 9.68. The average Bonchev–Trinajstić information content (AvgIpc) is 2.90. The second-order valence-electron chi connectivity index (χ2n) is 10.1. The molecule has 2 saturated heterocycles. The average molecular weight is 388 g/mol. The number of carbonyl (C=O) groups excluding carboxylic acids is 1. The minimum atomic E-state index is -0.115. The molecule has 0 radical (unpaired) electrons. The number of nitrogens with zero attached hydrogens (tertiary/aromatic N) is 4. The third-order valence-electron chi connectivity index (χ3n) is 6.86. The van der Waals surface area contributed by atoms with Gasteiger partial charge in [-0.3, -0.25) is 4.79 Å². The van der Waals surface area contributed by atoms with Crippen molar-refractivity contribution in [2.45, 2.75) is 58.9 Å². The number of esters is 1. The first-order valence-electron chi connectivity index (χ1n) is 10.4. The number of anilines is 3. The van der Waals surface area contributed by atoms with Crippen molar-refractivity contribution in [3.05, 3.63) is 6.33 Å². The van der Waals surface area contributed by atoms with Crippen LogP contribution in [0.2, 0.25) is 0 Å². The van der Waals surface area contributed by atoms with Gasteiger partial charge in [0.05, 0.1) is 13.0 Å². The highest BCUT2D eigenvalue weighted by atomic mass is 16.5. The highest BCUT2D eigenvalue weighted by Gasteiger charge is 2.50. The van der Waals surface area contributed by atoms with E-state index < -0.39 is 0 Å². The van der Waals surface area contributed by atoms with Crippen LogP contribution in [0.15, 0.2) is 6.33 Å². The van der Waals surface area contributed by atoms with Crippen molar-refractivity contribution in [1.82, 2.24) is 9.97 Å². The second kappa shape index (κ2) is 6.78. The van der Waals surface area contributed by atoms with Crippen molar-refractivity contribution >= 4 is 23.3 Å². The summed E-state index contributed by atoms with van der Waals surface area (Å²) in [5, 5.41) is 0. The molecule has 1 aliphatic carbocycles. The normalized spacial score (nSPS) is 29.8. The largest absolute Gasteiger partial charge is 0.469 e. The molecule has 154 valence electrons. The summed E-state index contributed by atoms with van der Waals surface area (Å²) in [6.07, 6.45) is 6.80. The molecule has 0 amide bonds. The molecular formula is C21H33N5O2. The molecule has 0 aromatic carbocycles. The van der Waals surface area contributed by atoms with Crippen molar-refractivity contribution < 1.29 is 9.53 Å². The van der Waals surface area contributed by atoms with Crippen LogP contribution in [0.5, 0.6) is 0 Å². The number of piperidine rings is 1. The number of ether oxygens (including phenoxy) is 1. The van der Waals surface area contributed by atoms with Crippen LogP contribution >= 0.6 is 0 Å². The fourth-order valence-corrected chi connectivity index (χ4v) is 6.06. The number of fused-ring (bicyclic) bond motifs is 2. The van der Waals surface area contributed by atoms with Crippen LogP contribution in [0.25, 0.3) is 0 Å². The monoisotopic (exact) mass is 387 g/mol. The number of nitrogens with two attached hydrogens (primary N) is 1. The summed E-state index contributed by atoms with van der Waals surface area (Å²) in [5.74, 6) is 1.55. The Morgan fingerprint density at radius 1 is 1.18 bits per heavy atom. The van der Waals surface area contributed by atoms with Gasteiger partial charge in [0.25, 0.3) is 0 Å². The Labute approximate surface area is 167 Å². The number of nitrogen functional groups attached to an aromatic ring is 1. The Hall–Kier alpha value is -2.05. The third kappa shape index (κ3) is 3.40. The van der Waals surface area contributed by atoms with Gasteiger partial charge in [0.2, 0.25) is 0 Å². The predicted molar refractivity (Wildman–Crippen MR) is 110 cm³/mol. The van der Waals surface area contributed by atoms with Gasteiger partial charge in [-0.2, -0.15) is 0 Å². The van der Waals surface area contributed by atoms with Crippen LogP contribution in [0, 0.1) is 16.7 Å². The zero-order valence-corrected chi connectivity index (χ0v) is 17.6. The molecule has 7 heteroatoms. The van der Waals surface area contributed by atoms with Crippen molar-refractivity contribution in [3.63, 3.8) is 0 Å². The molecule has 2 N–H and O–H groups in total. The van der Waals surface area contributed by atoms with E-state index in [1.165, 1.54) is 26.4 Å². The lowest BCUT2D eigenvalue weighted by molar-refractivity contribution is -0.146. The van der Waals surface area contributed by atoms with Crippen molar-refractivity contribution in [2.75, 3.05) is 42.3 Å². The van der Waals surface area contributed by atoms with E-state index in [1.807, 2.05) is 0 Å². The van der Waals surface area contributed by atoms with Gasteiger partial charge in [-0.05, 0) is 42.9 Å². The summed E-state index contributed by atoms with van der Waals surface area (Å²) in [7, 11) is 1.46. The van der Waals surface area contributed by atoms with Crippen LogP contribution in [0.3, 0.4) is 0 Å². The summed E-state index contributed by atoms with van der Waals surface area (Å²) in [5.41, 5.74) is 7.96. The first-order valence-corrected chi connectivity index (χ1v) is 10.4. The van der Waals surface area contributed by atoms with Gasteiger partial charge >= 0.3 is 5.97 Å². The molecule has 1 saturated carbocycles. The molecular weight excluding hydrogens is 354 g/mol. The maximum atomic E-state index is 11.8. The van der Waals surface area contributed by atoms with Crippen LogP contribution in [0.1, 0.15) is 52.9 Å². The number of carbonyl (C=O) groups is 1. The Morgan fingerprint density at radius 2 is 1.86 bits per heavy atom. The maximum absolute atomic E-state index is 11.8. The standard InChI is InChI=1S/C21H33N5O2/c1-20(2)9-15-10-21(3,11-20)12-26(15)18-16(22)17(23-13-24-18)25-7-5-14(6-8-25)19(27)28-4/h13-15H,5-12,22H2,1-4H3.